The summed E-state index contributed by atoms with van der Waals surface area (Å²) < 4.78 is 6.08. The van der Waals surface area contributed by atoms with Crippen LogP contribution in [0, 0.1) is 16.7 Å². The van der Waals surface area contributed by atoms with Crippen LogP contribution in [0.4, 0.5) is 0 Å². The number of amides is 2. The van der Waals surface area contributed by atoms with E-state index in [9.17, 15) is 9.59 Å². The van der Waals surface area contributed by atoms with Gasteiger partial charge in [-0.15, -0.1) is 0 Å². The van der Waals surface area contributed by atoms with Gasteiger partial charge < -0.3 is 15.4 Å². The normalized spacial score (nSPS) is 30.3. The number of rotatable bonds is 6. The second kappa shape index (κ2) is 7.24. The van der Waals surface area contributed by atoms with Crippen molar-refractivity contribution in [2.75, 3.05) is 6.54 Å². The molecule has 7 heteroatoms. The maximum Gasteiger partial charge on any atom is 0.231 e. The van der Waals surface area contributed by atoms with Gasteiger partial charge in [0, 0.05) is 17.6 Å². The van der Waals surface area contributed by atoms with E-state index in [0.717, 1.165) is 24.2 Å². The van der Waals surface area contributed by atoms with Crippen molar-refractivity contribution in [1.82, 2.24) is 15.5 Å². The van der Waals surface area contributed by atoms with Gasteiger partial charge in [0.05, 0.1) is 17.9 Å². The van der Waals surface area contributed by atoms with Crippen molar-refractivity contribution in [2.24, 2.45) is 11.3 Å². The monoisotopic (exact) mass is 426 g/mol. The number of benzene rings is 1. The summed E-state index contributed by atoms with van der Waals surface area (Å²) in [7, 11) is 0. The third-order valence-electron chi connectivity index (χ3n) is 7.72. The molecule has 31 heavy (non-hydrogen) atoms. The zero-order chi connectivity index (χ0) is 22.6. The third-order valence-corrected chi connectivity index (χ3v) is 7.72. The maximum absolute atomic E-state index is 13.5. The van der Waals surface area contributed by atoms with E-state index in [4.69, 9.17) is 10.1 Å². The third kappa shape index (κ3) is 3.48. The molecule has 3 N–H and O–H groups in total. The van der Waals surface area contributed by atoms with Crippen molar-refractivity contribution in [1.29, 1.82) is 5.41 Å². The largest absolute Gasteiger partial charge is 0.485 e. The van der Waals surface area contributed by atoms with E-state index in [1.54, 1.807) is 0 Å². The maximum atomic E-state index is 13.5. The van der Waals surface area contributed by atoms with E-state index in [-0.39, 0.29) is 41.8 Å². The first-order valence-corrected chi connectivity index (χ1v) is 11.3. The summed E-state index contributed by atoms with van der Waals surface area (Å²) in [6.45, 7) is 10.3. The molecule has 4 rings (SSSR count). The molecule has 3 aliphatic rings. The van der Waals surface area contributed by atoms with Gasteiger partial charge >= 0.3 is 0 Å². The smallest absolute Gasteiger partial charge is 0.231 e. The van der Waals surface area contributed by atoms with E-state index in [0.29, 0.717) is 12.8 Å². The first-order valence-electron chi connectivity index (χ1n) is 11.3. The molecule has 2 fully saturated rings. The van der Waals surface area contributed by atoms with Gasteiger partial charge in [0.15, 0.2) is 5.96 Å². The number of para-hydroxylation sites is 1. The first kappa shape index (κ1) is 21.7. The Hall–Kier alpha value is -2.57. The van der Waals surface area contributed by atoms with Crippen LogP contribution in [-0.4, -0.2) is 40.4 Å². The van der Waals surface area contributed by atoms with Gasteiger partial charge in [0.1, 0.15) is 11.4 Å². The van der Waals surface area contributed by atoms with Crippen molar-refractivity contribution >= 4 is 17.8 Å². The fourth-order valence-corrected chi connectivity index (χ4v) is 5.15. The van der Waals surface area contributed by atoms with Gasteiger partial charge in [-0.25, -0.2) is 0 Å². The SMILES string of the molecule is CCC1(CC)CC(=O)N(CC2(C(=O)NC3c4ccccc4OC3(C)C)CC2C)C(=N)N1. The lowest BCUT2D eigenvalue weighted by Crippen LogP contribution is -2.63. The highest BCUT2D eigenvalue weighted by Gasteiger charge is 2.60. The summed E-state index contributed by atoms with van der Waals surface area (Å²) in [5.41, 5.74) is -0.612. The number of fused-ring (bicyclic) bond motifs is 1. The van der Waals surface area contributed by atoms with Crippen LogP contribution in [0.15, 0.2) is 24.3 Å². The zero-order valence-corrected chi connectivity index (χ0v) is 19.2. The van der Waals surface area contributed by atoms with Crippen LogP contribution in [-0.2, 0) is 9.59 Å². The molecule has 1 saturated carbocycles. The topological polar surface area (TPSA) is 94.5 Å². The van der Waals surface area contributed by atoms with E-state index in [2.05, 4.69) is 10.6 Å². The predicted molar refractivity (Wildman–Crippen MR) is 119 cm³/mol. The lowest BCUT2D eigenvalue weighted by atomic mass is 9.86. The van der Waals surface area contributed by atoms with Crippen LogP contribution in [0.25, 0.3) is 0 Å². The summed E-state index contributed by atoms with van der Waals surface area (Å²) >= 11 is 0. The van der Waals surface area contributed by atoms with Crippen LogP contribution >= 0.6 is 0 Å². The molecule has 0 aromatic heterocycles. The van der Waals surface area contributed by atoms with Crippen molar-refractivity contribution in [3.8, 4) is 5.75 Å². The van der Waals surface area contributed by atoms with E-state index in [1.807, 2.05) is 58.9 Å². The van der Waals surface area contributed by atoms with E-state index >= 15 is 0 Å². The first-order chi connectivity index (χ1) is 14.6. The van der Waals surface area contributed by atoms with Gasteiger partial charge in [-0.1, -0.05) is 39.0 Å². The Kier molecular flexibility index (Phi) is 5.06. The van der Waals surface area contributed by atoms with Crippen molar-refractivity contribution in [2.45, 2.75) is 77.5 Å². The van der Waals surface area contributed by atoms with Crippen LogP contribution < -0.4 is 15.4 Å². The summed E-state index contributed by atoms with van der Waals surface area (Å²) in [4.78, 5) is 28.0. The lowest BCUT2D eigenvalue weighted by Gasteiger charge is -2.43. The molecule has 0 spiro atoms. The fourth-order valence-electron chi connectivity index (χ4n) is 5.15. The Morgan fingerprint density at radius 1 is 1.29 bits per heavy atom. The number of carbonyl (C=O) groups excluding carboxylic acids is 2. The summed E-state index contributed by atoms with van der Waals surface area (Å²) in [5.74, 6) is 0.915. The molecule has 1 aromatic carbocycles. The number of ether oxygens (including phenoxy) is 1. The van der Waals surface area contributed by atoms with Gasteiger partial charge in [-0.3, -0.25) is 19.9 Å². The average molecular weight is 427 g/mol. The van der Waals surface area contributed by atoms with Crippen molar-refractivity contribution < 1.29 is 14.3 Å². The van der Waals surface area contributed by atoms with Gasteiger partial charge in [-0.2, -0.15) is 0 Å². The molecule has 168 valence electrons. The van der Waals surface area contributed by atoms with E-state index < -0.39 is 11.0 Å². The number of carbonyl (C=O) groups is 2. The molecule has 1 saturated heterocycles. The molecule has 1 aromatic rings. The molecule has 0 radical (unpaired) electrons. The molecule has 3 atom stereocenters. The number of nitrogens with one attached hydrogen (secondary N) is 3. The Bertz CT molecular complexity index is 903. The lowest BCUT2D eigenvalue weighted by molar-refractivity contribution is -0.134. The minimum Gasteiger partial charge on any atom is -0.485 e. The quantitative estimate of drug-likeness (QED) is 0.650. The molecule has 2 heterocycles. The standard InChI is InChI=1S/C24H34N4O3/c1-6-23(7-2)13-18(29)28(21(25)27-23)14-24(12-15(24)3)20(30)26-19-16-10-8-9-11-17(16)31-22(19,4)5/h8-11,15,19H,6-7,12-14H2,1-5H3,(H2,25,27)(H,26,30). The Balaban J connectivity index is 1.52. The molecule has 7 nitrogen and oxygen atoms in total. The molecule has 2 amide bonds. The van der Waals surface area contributed by atoms with Crippen LogP contribution in [0.3, 0.4) is 0 Å². The second-order valence-corrected chi connectivity index (χ2v) is 10.0. The summed E-state index contributed by atoms with van der Waals surface area (Å²) in [5, 5.41) is 15.0. The van der Waals surface area contributed by atoms with Gasteiger partial charge in [0.2, 0.25) is 11.8 Å². The Morgan fingerprint density at radius 2 is 1.94 bits per heavy atom. The van der Waals surface area contributed by atoms with Crippen LogP contribution in [0.1, 0.15) is 71.9 Å². The number of guanidine groups is 1. The minimum atomic E-state index is -0.671. The van der Waals surface area contributed by atoms with Crippen LogP contribution in [0.5, 0.6) is 5.75 Å². The molecule has 0 bridgehead atoms. The van der Waals surface area contributed by atoms with E-state index in [1.165, 1.54) is 4.90 Å². The van der Waals surface area contributed by atoms with Gasteiger partial charge in [-0.05, 0) is 45.1 Å². The van der Waals surface area contributed by atoms with Crippen molar-refractivity contribution in [3.63, 3.8) is 0 Å². The van der Waals surface area contributed by atoms with Crippen LogP contribution in [0.2, 0.25) is 0 Å². The minimum absolute atomic E-state index is 0.0678. The average Bonchev–Trinajstić information content (AvgIpc) is 3.31. The second-order valence-electron chi connectivity index (χ2n) is 10.0. The van der Waals surface area contributed by atoms with Gasteiger partial charge in [0.25, 0.3) is 0 Å². The Morgan fingerprint density at radius 3 is 2.52 bits per heavy atom. The molecule has 3 unspecified atom stereocenters. The number of hydrogen-bond donors (Lipinski definition) is 3. The van der Waals surface area contributed by atoms with Crippen molar-refractivity contribution in [3.05, 3.63) is 29.8 Å². The highest BCUT2D eigenvalue weighted by Crippen LogP contribution is 2.54. The molecular formula is C24H34N4O3. The Labute approximate surface area is 184 Å². The molecular weight excluding hydrogens is 392 g/mol. The highest BCUT2D eigenvalue weighted by atomic mass is 16.5. The number of nitrogens with zero attached hydrogens (tertiary/aromatic N) is 1. The number of hydrogen-bond acceptors (Lipinski definition) is 4. The summed E-state index contributed by atoms with van der Waals surface area (Å²) in [6, 6.07) is 7.53. The molecule has 1 aliphatic carbocycles. The summed E-state index contributed by atoms with van der Waals surface area (Å²) in [6.07, 6.45) is 2.62. The zero-order valence-electron chi connectivity index (χ0n) is 19.2. The highest BCUT2D eigenvalue weighted by molar-refractivity contribution is 6.00. The predicted octanol–water partition coefficient (Wildman–Crippen LogP) is 3.36. The molecule has 2 aliphatic heterocycles. The fraction of sp³-hybridized carbons (Fsp3) is 0.625.